The summed E-state index contributed by atoms with van der Waals surface area (Å²) in [7, 11) is -3.80. The van der Waals surface area contributed by atoms with Crippen molar-refractivity contribution in [3.05, 3.63) is 54.3 Å². The number of hydrogen-bond donors (Lipinski definition) is 2. The molecule has 0 aliphatic rings. The number of benzene rings is 2. The van der Waals surface area contributed by atoms with Crippen LogP contribution in [0.25, 0.3) is 0 Å². The molecule has 2 rings (SSSR count). The molecule has 26 heavy (non-hydrogen) atoms. The van der Waals surface area contributed by atoms with Crippen LogP contribution in [0.2, 0.25) is 0 Å². The fourth-order valence-electron chi connectivity index (χ4n) is 2.24. The summed E-state index contributed by atoms with van der Waals surface area (Å²) in [5.41, 5.74) is 0.657. The molecule has 6 nitrogen and oxygen atoms in total. The highest BCUT2D eigenvalue weighted by atomic mass is 32.2. The second-order valence-electron chi connectivity index (χ2n) is 5.74. The van der Waals surface area contributed by atoms with Crippen molar-refractivity contribution < 1.29 is 22.3 Å². The first-order chi connectivity index (χ1) is 12.3. The van der Waals surface area contributed by atoms with Crippen LogP contribution in [-0.2, 0) is 14.8 Å². The number of hydrogen-bond acceptors (Lipinski definition) is 4. The SMILES string of the molecule is CCOc1ccc(NC(=O)C(C)CS(=O)(=O)Nc2cccc(F)c2)cc1. The van der Waals surface area contributed by atoms with Crippen LogP contribution < -0.4 is 14.8 Å². The molecule has 2 N–H and O–H groups in total. The van der Waals surface area contributed by atoms with Gasteiger partial charge in [0.15, 0.2) is 0 Å². The predicted octanol–water partition coefficient (Wildman–Crippen LogP) is 3.24. The van der Waals surface area contributed by atoms with Gasteiger partial charge in [-0.1, -0.05) is 13.0 Å². The van der Waals surface area contributed by atoms with Crippen LogP contribution in [0.15, 0.2) is 48.5 Å². The van der Waals surface area contributed by atoms with Crippen LogP contribution in [0.5, 0.6) is 5.75 Å². The van der Waals surface area contributed by atoms with Gasteiger partial charge in [0.2, 0.25) is 15.9 Å². The Morgan fingerprint density at radius 1 is 1.15 bits per heavy atom. The van der Waals surface area contributed by atoms with Crippen molar-refractivity contribution in [2.45, 2.75) is 13.8 Å². The zero-order valence-corrected chi connectivity index (χ0v) is 15.3. The number of anilines is 2. The molecule has 0 aliphatic heterocycles. The highest BCUT2D eigenvalue weighted by Crippen LogP contribution is 2.17. The standard InChI is InChI=1S/C18H21FN2O4S/c1-3-25-17-9-7-15(8-10-17)20-18(22)13(2)12-26(23,24)21-16-6-4-5-14(19)11-16/h4-11,13,21H,3,12H2,1-2H3,(H,20,22). The summed E-state index contributed by atoms with van der Waals surface area (Å²) in [5, 5.41) is 2.66. The highest BCUT2D eigenvalue weighted by Gasteiger charge is 2.22. The molecule has 140 valence electrons. The Morgan fingerprint density at radius 2 is 1.85 bits per heavy atom. The maximum atomic E-state index is 13.1. The Labute approximate surface area is 152 Å². The molecular weight excluding hydrogens is 359 g/mol. The van der Waals surface area contributed by atoms with E-state index in [1.54, 1.807) is 24.3 Å². The van der Waals surface area contributed by atoms with Crippen LogP contribution in [0.3, 0.4) is 0 Å². The average molecular weight is 380 g/mol. The van der Waals surface area contributed by atoms with Gasteiger partial charge in [0.25, 0.3) is 0 Å². The van der Waals surface area contributed by atoms with Gasteiger partial charge in [0, 0.05) is 5.69 Å². The number of nitrogens with one attached hydrogen (secondary N) is 2. The lowest BCUT2D eigenvalue weighted by molar-refractivity contribution is -0.118. The number of halogens is 1. The molecule has 0 saturated heterocycles. The first-order valence-electron chi connectivity index (χ1n) is 8.09. The molecule has 0 heterocycles. The molecule has 0 aromatic heterocycles. The molecule has 0 saturated carbocycles. The molecule has 0 spiro atoms. The van der Waals surface area contributed by atoms with Gasteiger partial charge >= 0.3 is 0 Å². The summed E-state index contributed by atoms with van der Waals surface area (Å²) in [5.74, 6) is -1.52. The lowest BCUT2D eigenvalue weighted by atomic mass is 10.2. The number of carbonyl (C=O) groups is 1. The average Bonchev–Trinajstić information content (AvgIpc) is 2.56. The molecule has 0 fully saturated rings. The molecular formula is C18H21FN2O4S. The molecule has 0 radical (unpaired) electrons. The van der Waals surface area contributed by atoms with Gasteiger partial charge in [0.1, 0.15) is 11.6 Å². The molecule has 1 atom stereocenters. The van der Waals surface area contributed by atoms with E-state index in [4.69, 9.17) is 4.74 Å². The van der Waals surface area contributed by atoms with Gasteiger partial charge in [-0.05, 0) is 49.4 Å². The van der Waals surface area contributed by atoms with E-state index in [0.29, 0.717) is 18.0 Å². The number of sulfonamides is 1. The van der Waals surface area contributed by atoms with Crippen LogP contribution in [0.1, 0.15) is 13.8 Å². The van der Waals surface area contributed by atoms with Crippen molar-refractivity contribution >= 4 is 27.3 Å². The maximum Gasteiger partial charge on any atom is 0.233 e. The van der Waals surface area contributed by atoms with Crippen molar-refractivity contribution in [3.63, 3.8) is 0 Å². The first-order valence-corrected chi connectivity index (χ1v) is 9.74. The minimum absolute atomic E-state index is 0.115. The van der Waals surface area contributed by atoms with Gasteiger partial charge in [-0.15, -0.1) is 0 Å². The summed E-state index contributed by atoms with van der Waals surface area (Å²) in [6.45, 7) is 3.92. The van der Waals surface area contributed by atoms with Gasteiger partial charge in [-0.25, -0.2) is 12.8 Å². The molecule has 0 bridgehead atoms. The number of amides is 1. The van der Waals surface area contributed by atoms with Gasteiger partial charge < -0.3 is 10.1 Å². The second kappa shape index (κ2) is 8.66. The fraction of sp³-hybridized carbons (Fsp3) is 0.278. The summed E-state index contributed by atoms with van der Waals surface area (Å²) in [6.07, 6.45) is 0. The van der Waals surface area contributed by atoms with Gasteiger partial charge in [-0.2, -0.15) is 0 Å². The smallest absolute Gasteiger partial charge is 0.233 e. The summed E-state index contributed by atoms with van der Waals surface area (Å²) < 4.78 is 45.1. The largest absolute Gasteiger partial charge is 0.494 e. The van der Waals surface area contributed by atoms with Crippen LogP contribution >= 0.6 is 0 Å². The van der Waals surface area contributed by atoms with Crippen LogP contribution in [0, 0.1) is 11.7 Å². The van der Waals surface area contributed by atoms with Crippen molar-refractivity contribution in [2.75, 3.05) is 22.4 Å². The first kappa shape index (κ1) is 19.7. The van der Waals surface area contributed by atoms with E-state index in [9.17, 15) is 17.6 Å². The summed E-state index contributed by atoms with van der Waals surface area (Å²) in [6, 6.07) is 11.9. The molecule has 0 aliphatic carbocycles. The molecule has 8 heteroatoms. The fourth-order valence-corrected chi connectivity index (χ4v) is 3.62. The predicted molar refractivity (Wildman–Crippen MR) is 99.2 cm³/mol. The van der Waals surface area contributed by atoms with Gasteiger partial charge in [-0.3, -0.25) is 9.52 Å². The Hall–Kier alpha value is -2.61. The summed E-state index contributed by atoms with van der Waals surface area (Å²) >= 11 is 0. The zero-order chi connectivity index (χ0) is 19.2. The minimum Gasteiger partial charge on any atom is -0.494 e. The van der Waals surface area contributed by atoms with Gasteiger partial charge in [0.05, 0.1) is 24.0 Å². The minimum atomic E-state index is -3.80. The molecule has 2 aromatic rings. The van der Waals surface area contributed by atoms with Crippen molar-refractivity contribution in [3.8, 4) is 5.75 Å². The highest BCUT2D eigenvalue weighted by molar-refractivity contribution is 7.92. The third-order valence-corrected chi connectivity index (χ3v) is 4.93. The van der Waals surface area contributed by atoms with Crippen LogP contribution in [0.4, 0.5) is 15.8 Å². The van der Waals surface area contributed by atoms with E-state index in [1.807, 2.05) is 6.92 Å². The van der Waals surface area contributed by atoms with Crippen molar-refractivity contribution in [2.24, 2.45) is 5.92 Å². The van der Waals surface area contributed by atoms with E-state index in [1.165, 1.54) is 25.1 Å². The van der Waals surface area contributed by atoms with Crippen molar-refractivity contribution in [1.82, 2.24) is 0 Å². The Morgan fingerprint density at radius 3 is 2.46 bits per heavy atom. The molecule has 1 amide bonds. The topological polar surface area (TPSA) is 84.5 Å². The lowest BCUT2D eigenvalue weighted by Crippen LogP contribution is -2.29. The number of carbonyl (C=O) groups excluding carboxylic acids is 1. The number of rotatable bonds is 8. The van der Waals surface area contributed by atoms with E-state index >= 15 is 0 Å². The van der Waals surface area contributed by atoms with E-state index in [0.717, 1.165) is 6.07 Å². The van der Waals surface area contributed by atoms with Crippen LogP contribution in [-0.4, -0.2) is 26.7 Å². The molecule has 2 aromatic carbocycles. The quantitative estimate of drug-likeness (QED) is 0.736. The monoisotopic (exact) mass is 380 g/mol. The third kappa shape index (κ3) is 6.03. The zero-order valence-electron chi connectivity index (χ0n) is 14.5. The van der Waals surface area contributed by atoms with E-state index in [-0.39, 0.29) is 5.69 Å². The summed E-state index contributed by atoms with van der Waals surface area (Å²) in [4.78, 5) is 12.2. The number of ether oxygens (including phenoxy) is 1. The maximum absolute atomic E-state index is 13.1. The third-order valence-electron chi connectivity index (χ3n) is 3.45. The Bertz CT molecular complexity index is 854. The Balaban J connectivity index is 1.94. The Kier molecular flexibility index (Phi) is 6.57. The van der Waals surface area contributed by atoms with E-state index in [2.05, 4.69) is 10.0 Å². The molecule has 1 unspecified atom stereocenters. The second-order valence-corrected chi connectivity index (χ2v) is 7.51. The normalized spacial score (nSPS) is 12.3. The van der Waals surface area contributed by atoms with Crippen molar-refractivity contribution in [1.29, 1.82) is 0 Å². The van der Waals surface area contributed by atoms with E-state index < -0.39 is 33.4 Å². The lowest BCUT2D eigenvalue weighted by Gasteiger charge is -2.14.